The first-order chi connectivity index (χ1) is 10.5. The Kier molecular flexibility index (Phi) is 5.90. The lowest BCUT2D eigenvalue weighted by atomic mass is 9.85. The molecule has 0 radical (unpaired) electrons. The van der Waals surface area contributed by atoms with Crippen LogP contribution < -0.4 is 5.32 Å². The molecule has 2 rings (SSSR count). The van der Waals surface area contributed by atoms with Gasteiger partial charge in [-0.3, -0.25) is 9.69 Å². The molecule has 1 aromatic heterocycles. The predicted octanol–water partition coefficient (Wildman–Crippen LogP) is 0.223. The molecule has 0 aliphatic heterocycles. The van der Waals surface area contributed by atoms with Crippen LogP contribution in [0.5, 0.6) is 0 Å². The molecule has 124 valence electrons. The number of nitrogens with zero attached hydrogens (tertiary/aromatic N) is 4. The Balaban J connectivity index is 1.82. The first-order valence-corrected chi connectivity index (χ1v) is 7.95. The second-order valence-electron chi connectivity index (χ2n) is 6.30. The van der Waals surface area contributed by atoms with Crippen LogP contribution in [0, 0.1) is 12.8 Å². The molecule has 1 aliphatic carbocycles. The average Bonchev–Trinajstić information content (AvgIpc) is 2.79. The number of aryl methyl sites for hydroxylation is 1. The first-order valence-electron chi connectivity index (χ1n) is 7.95. The van der Waals surface area contributed by atoms with Crippen molar-refractivity contribution in [3.05, 3.63) is 11.6 Å². The molecule has 2 atom stereocenters. The van der Waals surface area contributed by atoms with Crippen molar-refractivity contribution in [1.29, 1.82) is 0 Å². The molecule has 22 heavy (non-hydrogen) atoms. The highest BCUT2D eigenvalue weighted by molar-refractivity contribution is 5.78. The Hall–Kier alpha value is -1.47. The maximum Gasteiger partial charge on any atom is 0.234 e. The van der Waals surface area contributed by atoms with Crippen molar-refractivity contribution in [2.24, 2.45) is 13.0 Å². The SMILES string of the molecule is Cc1nnc(CN(C)CC(=O)NC2CCCCC2CO)n1C. The summed E-state index contributed by atoms with van der Waals surface area (Å²) < 4.78 is 1.93. The highest BCUT2D eigenvalue weighted by Crippen LogP contribution is 2.23. The van der Waals surface area contributed by atoms with Crippen LogP contribution in [0.1, 0.15) is 37.3 Å². The number of rotatable bonds is 6. The largest absolute Gasteiger partial charge is 0.396 e. The van der Waals surface area contributed by atoms with E-state index in [9.17, 15) is 9.90 Å². The molecule has 1 fully saturated rings. The van der Waals surface area contributed by atoms with Crippen LogP contribution in [0.4, 0.5) is 0 Å². The van der Waals surface area contributed by atoms with Gasteiger partial charge >= 0.3 is 0 Å². The van der Waals surface area contributed by atoms with E-state index in [0.717, 1.165) is 37.3 Å². The van der Waals surface area contributed by atoms with E-state index in [1.54, 1.807) is 0 Å². The standard InChI is InChI=1S/C15H27N5O2/c1-11-17-18-14(20(11)3)8-19(2)9-15(22)16-13-7-5-4-6-12(13)10-21/h12-13,21H,4-10H2,1-3H3,(H,16,22). The maximum absolute atomic E-state index is 12.2. The lowest BCUT2D eigenvalue weighted by Gasteiger charge is -2.31. The lowest BCUT2D eigenvalue weighted by Crippen LogP contribution is -2.46. The summed E-state index contributed by atoms with van der Waals surface area (Å²) in [5.41, 5.74) is 0. The molecule has 0 spiro atoms. The third-order valence-electron chi connectivity index (χ3n) is 4.50. The van der Waals surface area contributed by atoms with E-state index in [2.05, 4.69) is 15.5 Å². The highest BCUT2D eigenvalue weighted by Gasteiger charge is 2.26. The van der Waals surface area contributed by atoms with E-state index >= 15 is 0 Å². The van der Waals surface area contributed by atoms with Crippen molar-refractivity contribution >= 4 is 5.91 Å². The van der Waals surface area contributed by atoms with Gasteiger partial charge in [0.25, 0.3) is 0 Å². The Labute approximate surface area is 131 Å². The molecule has 0 bridgehead atoms. The number of nitrogens with one attached hydrogen (secondary N) is 1. The number of carbonyl (C=O) groups excluding carboxylic acids is 1. The number of aliphatic hydroxyl groups excluding tert-OH is 1. The summed E-state index contributed by atoms with van der Waals surface area (Å²) in [6, 6.07) is 0.108. The van der Waals surface area contributed by atoms with Crippen molar-refractivity contribution in [3.63, 3.8) is 0 Å². The molecule has 1 heterocycles. The molecule has 2 unspecified atom stereocenters. The topological polar surface area (TPSA) is 83.3 Å². The summed E-state index contributed by atoms with van der Waals surface area (Å²) in [5, 5.41) is 20.6. The van der Waals surface area contributed by atoms with E-state index in [1.165, 1.54) is 0 Å². The second-order valence-corrected chi connectivity index (χ2v) is 6.30. The van der Waals surface area contributed by atoms with Crippen LogP contribution in [0.15, 0.2) is 0 Å². The summed E-state index contributed by atoms with van der Waals surface area (Å²) in [7, 11) is 3.82. The molecule has 7 nitrogen and oxygen atoms in total. The molecule has 1 aromatic rings. The van der Waals surface area contributed by atoms with Crippen molar-refractivity contribution in [3.8, 4) is 0 Å². The fourth-order valence-corrected chi connectivity index (χ4v) is 3.00. The molecular weight excluding hydrogens is 282 g/mol. The van der Waals surface area contributed by atoms with E-state index in [1.807, 2.05) is 30.5 Å². The first kappa shape index (κ1) is 16.9. The van der Waals surface area contributed by atoms with Crippen LogP contribution in [0.25, 0.3) is 0 Å². The van der Waals surface area contributed by atoms with Crippen molar-refractivity contribution in [1.82, 2.24) is 25.0 Å². The fraction of sp³-hybridized carbons (Fsp3) is 0.800. The van der Waals surface area contributed by atoms with Crippen LogP contribution in [0.3, 0.4) is 0 Å². The average molecular weight is 309 g/mol. The fourth-order valence-electron chi connectivity index (χ4n) is 3.00. The van der Waals surface area contributed by atoms with Gasteiger partial charge in [0.05, 0.1) is 13.1 Å². The molecule has 7 heteroatoms. The molecule has 0 aromatic carbocycles. The van der Waals surface area contributed by atoms with Gasteiger partial charge in [-0.2, -0.15) is 0 Å². The van der Waals surface area contributed by atoms with E-state index in [4.69, 9.17) is 0 Å². The van der Waals surface area contributed by atoms with Crippen LogP contribution in [-0.4, -0.2) is 56.9 Å². The molecule has 1 aliphatic rings. The van der Waals surface area contributed by atoms with Crippen molar-refractivity contribution in [2.75, 3.05) is 20.2 Å². The van der Waals surface area contributed by atoms with Gasteiger partial charge in [-0.05, 0) is 26.8 Å². The minimum atomic E-state index is 0.00624. The van der Waals surface area contributed by atoms with Gasteiger partial charge in [0.1, 0.15) is 11.6 Å². The Bertz CT molecular complexity index is 502. The van der Waals surface area contributed by atoms with Gasteiger partial charge in [0, 0.05) is 25.6 Å². The van der Waals surface area contributed by atoms with E-state index < -0.39 is 0 Å². The summed E-state index contributed by atoms with van der Waals surface area (Å²) in [6.07, 6.45) is 4.22. The van der Waals surface area contributed by atoms with Crippen molar-refractivity contribution in [2.45, 2.75) is 45.2 Å². The highest BCUT2D eigenvalue weighted by atomic mass is 16.3. The number of hydrogen-bond acceptors (Lipinski definition) is 5. The van der Waals surface area contributed by atoms with Crippen LogP contribution in [-0.2, 0) is 18.4 Å². The van der Waals surface area contributed by atoms with Gasteiger partial charge in [-0.25, -0.2) is 0 Å². The third-order valence-corrected chi connectivity index (χ3v) is 4.50. The third kappa shape index (κ3) is 4.27. The van der Waals surface area contributed by atoms with Gasteiger partial charge in [-0.1, -0.05) is 12.8 Å². The molecule has 2 N–H and O–H groups in total. The Morgan fingerprint density at radius 1 is 1.41 bits per heavy atom. The summed E-state index contributed by atoms with van der Waals surface area (Å²) in [4.78, 5) is 14.1. The quantitative estimate of drug-likeness (QED) is 0.785. The number of amides is 1. The predicted molar refractivity (Wildman–Crippen MR) is 83.0 cm³/mol. The Morgan fingerprint density at radius 2 is 2.14 bits per heavy atom. The zero-order valence-corrected chi connectivity index (χ0v) is 13.7. The number of likely N-dealkylation sites (N-methyl/N-ethyl adjacent to an activating group) is 1. The molecular formula is C15H27N5O2. The number of aliphatic hydroxyl groups is 1. The van der Waals surface area contributed by atoms with Gasteiger partial charge < -0.3 is 15.0 Å². The van der Waals surface area contributed by atoms with Crippen molar-refractivity contribution < 1.29 is 9.90 Å². The van der Waals surface area contributed by atoms with E-state index in [0.29, 0.717) is 13.1 Å². The number of carbonyl (C=O) groups is 1. The van der Waals surface area contributed by atoms with Crippen LogP contribution >= 0.6 is 0 Å². The second kappa shape index (κ2) is 7.69. The van der Waals surface area contributed by atoms with E-state index in [-0.39, 0.29) is 24.5 Å². The zero-order chi connectivity index (χ0) is 16.1. The molecule has 0 saturated heterocycles. The van der Waals surface area contributed by atoms with Gasteiger partial charge in [0.2, 0.25) is 5.91 Å². The smallest absolute Gasteiger partial charge is 0.234 e. The Morgan fingerprint density at radius 3 is 2.77 bits per heavy atom. The molecule has 1 saturated carbocycles. The normalized spacial score (nSPS) is 22.0. The number of hydrogen-bond donors (Lipinski definition) is 2. The number of aromatic nitrogens is 3. The summed E-state index contributed by atoms with van der Waals surface area (Å²) in [5.74, 6) is 1.91. The lowest BCUT2D eigenvalue weighted by molar-refractivity contribution is -0.123. The monoisotopic (exact) mass is 309 g/mol. The summed E-state index contributed by atoms with van der Waals surface area (Å²) in [6.45, 7) is 2.96. The van der Waals surface area contributed by atoms with Gasteiger partial charge in [0.15, 0.2) is 0 Å². The minimum Gasteiger partial charge on any atom is -0.396 e. The zero-order valence-electron chi connectivity index (χ0n) is 13.7. The van der Waals surface area contributed by atoms with Gasteiger partial charge in [-0.15, -0.1) is 10.2 Å². The maximum atomic E-state index is 12.2. The molecule has 1 amide bonds. The minimum absolute atomic E-state index is 0.00624. The van der Waals surface area contributed by atoms with Crippen LogP contribution in [0.2, 0.25) is 0 Å². The summed E-state index contributed by atoms with van der Waals surface area (Å²) >= 11 is 0.